The van der Waals surface area contributed by atoms with Crippen LogP contribution < -0.4 is 5.56 Å². The highest BCUT2D eigenvalue weighted by Gasteiger charge is 2.18. The van der Waals surface area contributed by atoms with Crippen LogP contribution >= 0.6 is 22.7 Å². The van der Waals surface area contributed by atoms with Gasteiger partial charge in [0.2, 0.25) is 0 Å². The van der Waals surface area contributed by atoms with Crippen LogP contribution in [0, 0.1) is 23.2 Å². The Morgan fingerprint density at radius 2 is 2.17 bits per heavy atom. The molecule has 5 nitrogen and oxygen atoms in total. The first-order chi connectivity index (χ1) is 11.7. The van der Waals surface area contributed by atoms with Gasteiger partial charge in [0.05, 0.1) is 10.3 Å². The van der Waals surface area contributed by atoms with Gasteiger partial charge in [-0.1, -0.05) is 11.8 Å². The highest BCUT2D eigenvalue weighted by atomic mass is 32.1. The van der Waals surface area contributed by atoms with Crippen LogP contribution in [0.15, 0.2) is 22.3 Å². The van der Waals surface area contributed by atoms with Crippen LogP contribution in [0.4, 0.5) is 0 Å². The summed E-state index contributed by atoms with van der Waals surface area (Å²) in [7, 11) is 0. The molecular weight excluding hydrogens is 344 g/mol. The largest absolute Gasteiger partial charge is 0.506 e. The molecule has 7 heteroatoms. The van der Waals surface area contributed by atoms with Gasteiger partial charge in [-0.25, -0.2) is 0 Å². The lowest BCUT2D eigenvalue weighted by atomic mass is 10.1. The number of rotatable bonds is 3. The zero-order chi connectivity index (χ0) is 17.1. The van der Waals surface area contributed by atoms with Crippen LogP contribution in [0.3, 0.4) is 0 Å². The van der Waals surface area contributed by atoms with Crippen LogP contribution in [-0.2, 0) is 0 Å². The van der Waals surface area contributed by atoms with Crippen molar-refractivity contribution in [2.75, 3.05) is 6.61 Å². The van der Waals surface area contributed by atoms with Crippen molar-refractivity contribution in [3.05, 3.63) is 38.3 Å². The molecule has 3 N–H and O–H groups in total. The second-order valence-corrected chi connectivity index (χ2v) is 6.90. The van der Waals surface area contributed by atoms with Gasteiger partial charge in [-0.15, -0.1) is 22.7 Å². The third-order valence-corrected chi connectivity index (χ3v) is 5.30. The summed E-state index contributed by atoms with van der Waals surface area (Å²) in [5, 5.41) is 30.4. The molecule has 3 aromatic heterocycles. The van der Waals surface area contributed by atoms with Crippen LogP contribution in [0.1, 0.15) is 23.3 Å². The Morgan fingerprint density at radius 3 is 2.92 bits per heavy atom. The Hall–Kier alpha value is -2.58. The van der Waals surface area contributed by atoms with Gasteiger partial charge in [0, 0.05) is 28.8 Å². The monoisotopic (exact) mass is 356 g/mol. The smallest absolute Gasteiger partial charge is 0.270 e. The molecule has 3 heterocycles. The van der Waals surface area contributed by atoms with Crippen molar-refractivity contribution in [2.45, 2.75) is 12.8 Å². The average molecular weight is 356 g/mol. The van der Waals surface area contributed by atoms with Crippen molar-refractivity contribution < 1.29 is 10.2 Å². The average Bonchev–Trinajstić information content (AvgIpc) is 3.18. The molecule has 0 aliphatic rings. The number of unbranched alkanes of at least 4 members (excludes halogenated alkanes) is 1. The number of nitriles is 1. The fourth-order valence-corrected chi connectivity index (χ4v) is 4.17. The summed E-state index contributed by atoms with van der Waals surface area (Å²) in [6, 6.07) is 5.53. The molecule has 0 saturated heterocycles. The molecule has 0 atom stereocenters. The summed E-state index contributed by atoms with van der Waals surface area (Å²) >= 11 is 2.78. The van der Waals surface area contributed by atoms with E-state index >= 15 is 0 Å². The van der Waals surface area contributed by atoms with Gasteiger partial charge in [0.25, 0.3) is 5.56 Å². The van der Waals surface area contributed by atoms with E-state index in [2.05, 4.69) is 16.8 Å². The van der Waals surface area contributed by atoms with E-state index in [1.165, 1.54) is 22.7 Å². The second kappa shape index (κ2) is 6.90. The van der Waals surface area contributed by atoms with Crippen LogP contribution in [-0.4, -0.2) is 21.8 Å². The number of aliphatic hydroxyl groups is 1. The first-order valence-electron chi connectivity index (χ1n) is 7.12. The summed E-state index contributed by atoms with van der Waals surface area (Å²) in [6.45, 7) is 0.129. The lowest BCUT2D eigenvalue weighted by Gasteiger charge is -2.00. The van der Waals surface area contributed by atoms with Crippen molar-refractivity contribution in [2.24, 2.45) is 0 Å². The maximum atomic E-state index is 11.7. The van der Waals surface area contributed by atoms with Crippen molar-refractivity contribution in [3.63, 3.8) is 0 Å². The molecule has 24 heavy (non-hydrogen) atoms. The first-order valence-corrected chi connectivity index (χ1v) is 8.81. The lowest BCUT2D eigenvalue weighted by Crippen LogP contribution is -2.09. The molecule has 0 aromatic carbocycles. The van der Waals surface area contributed by atoms with Crippen LogP contribution in [0.2, 0.25) is 0 Å². The van der Waals surface area contributed by atoms with E-state index in [1.807, 2.05) is 17.5 Å². The molecule has 0 spiro atoms. The number of aromatic amines is 1. The first kappa shape index (κ1) is 16.3. The molecule has 3 rings (SSSR count). The van der Waals surface area contributed by atoms with E-state index in [0.717, 1.165) is 15.3 Å². The highest BCUT2D eigenvalue weighted by Crippen LogP contribution is 2.41. The Kier molecular flexibility index (Phi) is 4.68. The maximum absolute atomic E-state index is 11.7. The Morgan fingerprint density at radius 1 is 1.33 bits per heavy atom. The normalized spacial score (nSPS) is 10.3. The number of fused-ring (bicyclic) bond motifs is 1. The molecule has 0 radical (unpaired) electrons. The van der Waals surface area contributed by atoms with Gasteiger partial charge < -0.3 is 15.2 Å². The predicted molar refractivity (Wildman–Crippen MR) is 95.3 cm³/mol. The molecule has 3 aromatic rings. The molecular formula is C17H12N2O3S2. The van der Waals surface area contributed by atoms with E-state index in [9.17, 15) is 9.90 Å². The third kappa shape index (κ3) is 2.93. The zero-order valence-electron chi connectivity index (χ0n) is 12.4. The fraction of sp³-hybridized carbons (Fsp3) is 0.176. The van der Waals surface area contributed by atoms with Crippen molar-refractivity contribution >= 4 is 32.9 Å². The van der Waals surface area contributed by atoms with Gasteiger partial charge in [-0.2, -0.15) is 5.26 Å². The quantitative estimate of drug-likeness (QED) is 0.496. The molecule has 120 valence electrons. The molecule has 0 saturated carbocycles. The Bertz CT molecular complexity index is 1060. The molecule has 0 fully saturated rings. The van der Waals surface area contributed by atoms with Gasteiger partial charge >= 0.3 is 0 Å². The fourth-order valence-electron chi connectivity index (χ4n) is 2.24. The number of hydrogen-bond donors (Lipinski definition) is 3. The Balaban J connectivity index is 2.05. The SMILES string of the molecule is N#Cc1c(O)c2c(-c3ccc(C#CCCCO)s3)csc2[nH]c1=O. The minimum Gasteiger partial charge on any atom is -0.506 e. The standard InChI is InChI=1S/C17H12N2O3S2/c18-8-11-15(21)14-12(9-23-17(14)19-16(11)22)13-6-5-10(24-13)4-2-1-3-7-20/h5-6,9,20H,1,3,7H2,(H2,19,21,22). The van der Waals surface area contributed by atoms with E-state index in [0.29, 0.717) is 23.1 Å². The topological polar surface area (TPSA) is 97.1 Å². The Labute approximate surface area is 145 Å². The molecule has 0 aliphatic carbocycles. The van der Waals surface area contributed by atoms with Crippen LogP contribution in [0.5, 0.6) is 5.75 Å². The van der Waals surface area contributed by atoms with E-state index in [4.69, 9.17) is 10.4 Å². The van der Waals surface area contributed by atoms with E-state index in [1.54, 1.807) is 6.07 Å². The summed E-state index contributed by atoms with van der Waals surface area (Å²) in [4.78, 5) is 16.7. The molecule has 0 bridgehead atoms. The van der Waals surface area contributed by atoms with Crippen molar-refractivity contribution in [3.8, 4) is 34.1 Å². The number of aromatic hydroxyl groups is 1. The summed E-state index contributed by atoms with van der Waals surface area (Å²) < 4.78 is 0. The lowest BCUT2D eigenvalue weighted by molar-refractivity contribution is 0.290. The summed E-state index contributed by atoms with van der Waals surface area (Å²) in [5.74, 6) is 5.76. The minimum atomic E-state index is -0.586. The second-order valence-electron chi connectivity index (χ2n) is 4.94. The number of aromatic nitrogens is 1. The van der Waals surface area contributed by atoms with Crippen LogP contribution in [0.25, 0.3) is 20.7 Å². The summed E-state index contributed by atoms with van der Waals surface area (Å²) in [5.41, 5.74) is -0.0890. The number of hydrogen-bond acceptors (Lipinski definition) is 6. The number of nitrogens with one attached hydrogen (secondary N) is 1. The minimum absolute atomic E-state index is 0.129. The molecule has 0 aliphatic heterocycles. The van der Waals surface area contributed by atoms with Gasteiger partial charge in [0.1, 0.15) is 16.6 Å². The molecule has 0 amide bonds. The van der Waals surface area contributed by atoms with E-state index < -0.39 is 5.56 Å². The molecule has 0 unspecified atom stereocenters. The third-order valence-electron chi connectivity index (χ3n) is 3.37. The number of aliphatic hydroxyl groups excluding tert-OH is 1. The maximum Gasteiger partial charge on any atom is 0.270 e. The van der Waals surface area contributed by atoms with Crippen molar-refractivity contribution in [1.82, 2.24) is 4.98 Å². The van der Waals surface area contributed by atoms with Gasteiger partial charge in [-0.05, 0) is 18.6 Å². The van der Waals surface area contributed by atoms with Crippen molar-refractivity contribution in [1.29, 1.82) is 5.26 Å². The van der Waals surface area contributed by atoms with Gasteiger partial charge in [0.15, 0.2) is 5.56 Å². The number of pyridine rings is 1. The number of nitrogens with zero attached hydrogens (tertiary/aromatic N) is 1. The van der Waals surface area contributed by atoms with E-state index in [-0.39, 0.29) is 17.9 Å². The zero-order valence-corrected chi connectivity index (χ0v) is 14.1. The number of thiophene rings is 2. The number of H-pyrrole nitrogens is 1. The van der Waals surface area contributed by atoms with Gasteiger partial charge in [-0.3, -0.25) is 4.79 Å². The highest BCUT2D eigenvalue weighted by molar-refractivity contribution is 7.19. The summed E-state index contributed by atoms with van der Waals surface area (Å²) in [6.07, 6.45) is 1.29. The predicted octanol–water partition coefficient (Wildman–Crippen LogP) is 3.02.